The first-order valence-electron chi connectivity index (χ1n) is 14.8. The van der Waals surface area contributed by atoms with Crippen molar-refractivity contribution in [2.45, 2.75) is 99.0 Å². The van der Waals surface area contributed by atoms with Crippen molar-refractivity contribution in [3.63, 3.8) is 0 Å². The van der Waals surface area contributed by atoms with Gasteiger partial charge in [0.2, 0.25) is 11.8 Å². The summed E-state index contributed by atoms with van der Waals surface area (Å²) in [4.78, 5) is 28.5. The highest BCUT2D eigenvalue weighted by molar-refractivity contribution is 8.00. The molecule has 5 aliphatic rings. The van der Waals surface area contributed by atoms with Crippen LogP contribution in [-0.2, 0) is 19.1 Å². The molecule has 4 saturated heterocycles. The molecule has 2 amide bonds. The van der Waals surface area contributed by atoms with Crippen molar-refractivity contribution in [1.29, 1.82) is 0 Å². The quantitative estimate of drug-likeness (QED) is 0.339. The summed E-state index contributed by atoms with van der Waals surface area (Å²) in [5, 5.41) is 12.4. The third-order valence-electron chi connectivity index (χ3n) is 9.77. The number of halogens is 4. The van der Waals surface area contributed by atoms with Gasteiger partial charge in [-0.2, -0.15) is 13.2 Å². The Morgan fingerprint density at radius 1 is 1.02 bits per heavy atom. The van der Waals surface area contributed by atoms with Crippen molar-refractivity contribution in [2.24, 2.45) is 23.7 Å². The van der Waals surface area contributed by atoms with Gasteiger partial charge in [-0.3, -0.25) is 20.2 Å². The second-order valence-electron chi connectivity index (χ2n) is 12.3. The summed E-state index contributed by atoms with van der Waals surface area (Å²) in [6.07, 6.45) is -3.85. The summed E-state index contributed by atoms with van der Waals surface area (Å²) in [7, 11) is 2.94. The fraction of sp³-hybridized carbons (Fsp3) is 0.926. The smallest absolute Gasteiger partial charge is 0.381 e. The number of ether oxygens (including phenoxy) is 2. The number of hydrogen-bond acceptors (Lipinski definition) is 8. The number of carbonyl (C=O) groups excluding carboxylic acids is 2. The van der Waals surface area contributed by atoms with Gasteiger partial charge >= 0.3 is 6.18 Å². The second kappa shape index (κ2) is 12.8. The Labute approximate surface area is 242 Å². The third kappa shape index (κ3) is 6.67. The van der Waals surface area contributed by atoms with Crippen LogP contribution in [0.5, 0.6) is 0 Å². The molecular formula is C27H43F4N5O4S. The van der Waals surface area contributed by atoms with Gasteiger partial charge in [0.1, 0.15) is 23.9 Å². The maximum absolute atomic E-state index is 15.2. The first kappa shape index (κ1) is 31.2. The molecule has 14 heteroatoms. The first-order valence-corrected chi connectivity index (χ1v) is 15.7. The SMILES string of the molecule is COC1CCCC(F)C1C1CC(C)NCC1C(=O)NC1NC2CN(C(=O)C3CCC(C(F)(F)F)NC3OC)CC2S1. The fourth-order valence-electron chi connectivity index (χ4n) is 7.64. The van der Waals surface area contributed by atoms with Crippen LogP contribution < -0.4 is 21.3 Å². The molecule has 0 aromatic rings. The molecule has 9 nitrogen and oxygen atoms in total. The predicted molar refractivity (Wildman–Crippen MR) is 145 cm³/mol. The van der Waals surface area contributed by atoms with E-state index in [2.05, 4.69) is 28.2 Å². The number of thioether (sulfide) groups is 1. The Morgan fingerprint density at radius 3 is 2.49 bits per heavy atom. The number of alkyl halides is 4. The molecule has 0 bridgehead atoms. The molecule has 12 unspecified atom stereocenters. The predicted octanol–water partition coefficient (Wildman–Crippen LogP) is 1.97. The van der Waals surface area contributed by atoms with E-state index in [9.17, 15) is 22.8 Å². The lowest BCUT2D eigenvalue weighted by Gasteiger charge is -2.45. The number of piperidine rings is 2. The molecule has 0 spiro atoms. The lowest BCUT2D eigenvalue weighted by molar-refractivity contribution is -0.183. The van der Waals surface area contributed by atoms with Crippen molar-refractivity contribution in [1.82, 2.24) is 26.2 Å². The van der Waals surface area contributed by atoms with Gasteiger partial charge in [0.05, 0.1) is 17.9 Å². The molecule has 5 fully saturated rings. The zero-order valence-electron chi connectivity index (χ0n) is 23.8. The minimum absolute atomic E-state index is 0.0384. The van der Waals surface area contributed by atoms with Crippen LogP contribution in [0.25, 0.3) is 0 Å². The van der Waals surface area contributed by atoms with E-state index in [1.807, 2.05) is 0 Å². The number of hydrogen-bond donors (Lipinski definition) is 4. The zero-order chi connectivity index (χ0) is 29.5. The van der Waals surface area contributed by atoms with Crippen molar-refractivity contribution in [3.8, 4) is 0 Å². The average molecular weight is 610 g/mol. The Hall–Kier alpha value is -1.19. The fourth-order valence-corrected chi connectivity index (χ4v) is 9.05. The van der Waals surface area contributed by atoms with Gasteiger partial charge in [-0.25, -0.2) is 4.39 Å². The lowest BCUT2D eigenvalue weighted by atomic mass is 9.67. The monoisotopic (exact) mass is 609 g/mol. The van der Waals surface area contributed by atoms with Gasteiger partial charge in [0.25, 0.3) is 0 Å². The summed E-state index contributed by atoms with van der Waals surface area (Å²) in [5.74, 6) is -1.83. The van der Waals surface area contributed by atoms with E-state index in [-0.39, 0.29) is 71.3 Å². The highest BCUT2D eigenvalue weighted by Crippen LogP contribution is 2.42. The molecule has 0 aromatic carbocycles. The zero-order valence-corrected chi connectivity index (χ0v) is 24.6. The molecule has 0 radical (unpaired) electrons. The second-order valence-corrected chi connectivity index (χ2v) is 13.6. The van der Waals surface area contributed by atoms with Crippen molar-refractivity contribution >= 4 is 23.6 Å². The molecule has 4 heterocycles. The molecule has 234 valence electrons. The molecular weight excluding hydrogens is 566 g/mol. The van der Waals surface area contributed by atoms with Gasteiger partial charge in [0.15, 0.2) is 0 Å². The molecule has 1 saturated carbocycles. The van der Waals surface area contributed by atoms with E-state index in [4.69, 9.17) is 9.47 Å². The van der Waals surface area contributed by atoms with Crippen LogP contribution >= 0.6 is 11.8 Å². The molecule has 0 aromatic heterocycles. The van der Waals surface area contributed by atoms with E-state index >= 15 is 4.39 Å². The summed E-state index contributed by atoms with van der Waals surface area (Å²) in [5.41, 5.74) is -0.337. The van der Waals surface area contributed by atoms with Crippen LogP contribution in [0.3, 0.4) is 0 Å². The lowest BCUT2D eigenvalue weighted by Crippen LogP contribution is -2.58. The Morgan fingerprint density at radius 2 is 1.80 bits per heavy atom. The first-order chi connectivity index (χ1) is 19.5. The van der Waals surface area contributed by atoms with Crippen molar-refractivity contribution in [3.05, 3.63) is 0 Å². The Kier molecular flexibility index (Phi) is 9.76. The molecule has 41 heavy (non-hydrogen) atoms. The van der Waals surface area contributed by atoms with Crippen molar-refractivity contribution < 1.29 is 36.6 Å². The van der Waals surface area contributed by atoms with Crippen LogP contribution in [0, 0.1) is 23.7 Å². The van der Waals surface area contributed by atoms with Gasteiger partial charge < -0.3 is 25.0 Å². The van der Waals surface area contributed by atoms with Crippen LogP contribution in [0.4, 0.5) is 17.6 Å². The summed E-state index contributed by atoms with van der Waals surface area (Å²) < 4.78 is 65.7. The van der Waals surface area contributed by atoms with E-state index in [0.717, 1.165) is 12.8 Å². The number of nitrogens with zero attached hydrogens (tertiary/aromatic N) is 1. The van der Waals surface area contributed by atoms with Crippen LogP contribution in [0.15, 0.2) is 0 Å². The minimum atomic E-state index is -4.39. The molecule has 1 aliphatic carbocycles. The highest BCUT2D eigenvalue weighted by atomic mass is 32.2. The number of nitrogens with one attached hydrogen (secondary N) is 4. The van der Waals surface area contributed by atoms with Gasteiger partial charge in [-0.15, -0.1) is 11.8 Å². The molecule has 12 atom stereocenters. The van der Waals surface area contributed by atoms with Crippen LogP contribution in [-0.4, -0.2) is 104 Å². The molecule has 4 N–H and O–H groups in total. The summed E-state index contributed by atoms with van der Waals surface area (Å²) >= 11 is 1.54. The third-order valence-corrected chi connectivity index (χ3v) is 11.1. The van der Waals surface area contributed by atoms with Gasteiger partial charge in [0, 0.05) is 57.1 Å². The van der Waals surface area contributed by atoms with Crippen LogP contribution in [0.1, 0.15) is 45.4 Å². The van der Waals surface area contributed by atoms with E-state index < -0.39 is 30.5 Å². The number of rotatable bonds is 6. The van der Waals surface area contributed by atoms with Crippen LogP contribution in [0.2, 0.25) is 0 Å². The van der Waals surface area contributed by atoms with Gasteiger partial charge in [-0.05, 0) is 51.4 Å². The average Bonchev–Trinajstić information content (AvgIpc) is 3.50. The van der Waals surface area contributed by atoms with E-state index in [1.165, 1.54) is 7.11 Å². The maximum atomic E-state index is 15.2. The van der Waals surface area contributed by atoms with E-state index in [0.29, 0.717) is 32.5 Å². The number of fused-ring (bicyclic) bond motifs is 1. The number of carbonyl (C=O) groups is 2. The maximum Gasteiger partial charge on any atom is 0.403 e. The van der Waals surface area contributed by atoms with Gasteiger partial charge in [-0.1, -0.05) is 0 Å². The van der Waals surface area contributed by atoms with Crippen molar-refractivity contribution in [2.75, 3.05) is 33.9 Å². The number of methoxy groups -OCH3 is 2. The molecule has 5 rings (SSSR count). The Bertz CT molecular complexity index is 936. The summed E-state index contributed by atoms with van der Waals surface area (Å²) in [6, 6.07) is -1.55. The molecule has 4 aliphatic heterocycles. The normalized spacial score (nSPS) is 43.5. The topological polar surface area (TPSA) is 104 Å². The Balaban J connectivity index is 1.15. The largest absolute Gasteiger partial charge is 0.403 e. The highest BCUT2D eigenvalue weighted by Gasteiger charge is 2.51. The van der Waals surface area contributed by atoms with E-state index in [1.54, 1.807) is 23.8 Å². The number of amides is 2. The summed E-state index contributed by atoms with van der Waals surface area (Å²) in [6.45, 7) is 3.39. The number of likely N-dealkylation sites (tertiary alicyclic amines) is 1. The standard InChI is InChI=1S/C27H43F4N5O4S/c1-13-9-15(22-17(28)5-4-6-19(22)39-2)16(10-32-13)23(37)35-26-33-18-11-36(12-20(18)41-26)25(38)14-7-8-21(27(29,30)31)34-24(14)40-3/h13-22,24,26,32-34H,4-12H2,1-3H3,(H,35,37). The minimum Gasteiger partial charge on any atom is -0.381 e.